The van der Waals surface area contributed by atoms with Crippen LogP contribution in [0.2, 0.25) is 0 Å². The quantitative estimate of drug-likeness (QED) is 0.749. The van der Waals surface area contributed by atoms with Crippen molar-refractivity contribution in [1.29, 1.82) is 0 Å². The summed E-state index contributed by atoms with van der Waals surface area (Å²) in [6.45, 7) is 9.05. The summed E-state index contributed by atoms with van der Waals surface area (Å²) >= 11 is 0. The highest BCUT2D eigenvalue weighted by Crippen LogP contribution is 2.17. The minimum atomic E-state index is 0.248. The zero-order chi connectivity index (χ0) is 14.3. The molecular formula is C17H29NO. The number of rotatable bonds is 8. The summed E-state index contributed by atoms with van der Waals surface area (Å²) in [6, 6.07) is 9.60. The maximum Gasteiger partial charge on any atom is 0.0445 e. The van der Waals surface area contributed by atoms with E-state index in [4.69, 9.17) is 5.11 Å². The molecule has 2 atom stereocenters. The molecule has 1 aromatic carbocycles. The third-order valence-electron chi connectivity index (χ3n) is 3.73. The molecule has 2 unspecified atom stereocenters. The summed E-state index contributed by atoms with van der Waals surface area (Å²) in [5, 5.41) is 12.7. The molecule has 0 aliphatic rings. The van der Waals surface area contributed by atoms with Crippen molar-refractivity contribution in [3.8, 4) is 0 Å². The molecule has 0 radical (unpaired) electrons. The van der Waals surface area contributed by atoms with Gasteiger partial charge in [0.1, 0.15) is 0 Å². The second kappa shape index (κ2) is 8.34. The van der Waals surface area contributed by atoms with Crippen molar-refractivity contribution in [3.63, 3.8) is 0 Å². The predicted molar refractivity (Wildman–Crippen MR) is 82.3 cm³/mol. The predicted octanol–water partition coefficient (Wildman–Crippen LogP) is 3.70. The van der Waals surface area contributed by atoms with E-state index in [2.05, 4.69) is 57.3 Å². The van der Waals surface area contributed by atoms with E-state index in [0.29, 0.717) is 18.0 Å². The minimum Gasteiger partial charge on any atom is -0.396 e. The monoisotopic (exact) mass is 263 g/mol. The fraction of sp³-hybridized carbons (Fsp3) is 0.647. The Hall–Kier alpha value is -0.860. The lowest BCUT2D eigenvalue weighted by atomic mass is 9.98. The van der Waals surface area contributed by atoms with E-state index in [1.54, 1.807) is 0 Å². The number of hydrogen-bond acceptors (Lipinski definition) is 2. The van der Waals surface area contributed by atoms with E-state index in [1.165, 1.54) is 17.5 Å². The Bertz CT molecular complexity index is 345. The van der Waals surface area contributed by atoms with Gasteiger partial charge in [0, 0.05) is 18.7 Å². The highest BCUT2D eigenvalue weighted by molar-refractivity contribution is 5.24. The van der Waals surface area contributed by atoms with Gasteiger partial charge in [-0.25, -0.2) is 0 Å². The lowest BCUT2D eigenvalue weighted by Gasteiger charge is -2.26. The first-order valence-corrected chi connectivity index (χ1v) is 7.54. The Balaban J connectivity index is 2.63. The highest BCUT2D eigenvalue weighted by atomic mass is 16.3. The van der Waals surface area contributed by atoms with Crippen LogP contribution < -0.4 is 5.32 Å². The summed E-state index contributed by atoms with van der Waals surface area (Å²) in [5.41, 5.74) is 2.73. The average Bonchev–Trinajstić information content (AvgIpc) is 2.39. The average molecular weight is 263 g/mol. The molecule has 0 amide bonds. The van der Waals surface area contributed by atoms with Crippen LogP contribution in [0.5, 0.6) is 0 Å². The lowest BCUT2D eigenvalue weighted by Crippen LogP contribution is -2.36. The summed E-state index contributed by atoms with van der Waals surface area (Å²) in [5.74, 6) is 0.536. The third-order valence-corrected chi connectivity index (χ3v) is 3.73. The molecule has 2 nitrogen and oxygen atoms in total. The Morgan fingerprint density at radius 2 is 1.74 bits per heavy atom. The van der Waals surface area contributed by atoms with Crippen LogP contribution in [0.15, 0.2) is 24.3 Å². The number of aliphatic hydroxyl groups is 1. The smallest absolute Gasteiger partial charge is 0.0445 e. The van der Waals surface area contributed by atoms with Crippen LogP contribution in [-0.4, -0.2) is 17.8 Å². The van der Waals surface area contributed by atoms with Crippen molar-refractivity contribution in [3.05, 3.63) is 35.4 Å². The van der Waals surface area contributed by atoms with Gasteiger partial charge in [-0.15, -0.1) is 0 Å². The van der Waals surface area contributed by atoms with Gasteiger partial charge in [-0.3, -0.25) is 0 Å². The van der Waals surface area contributed by atoms with Gasteiger partial charge in [-0.1, -0.05) is 51.5 Å². The molecule has 2 N–H and O–H groups in total. The molecule has 0 saturated carbocycles. The normalized spacial score (nSPS) is 14.6. The van der Waals surface area contributed by atoms with Gasteiger partial charge in [-0.05, 0) is 36.8 Å². The number of aryl methyl sites for hydroxylation is 1. The standard InChI is InChI=1S/C17H29NO/c1-5-6-15-7-9-16(10-8-15)14(4)18-17(11-12-19)13(2)3/h7-10,13-14,17-19H,5-6,11-12H2,1-4H3. The molecule has 0 bridgehead atoms. The third kappa shape index (κ3) is 5.33. The molecule has 2 heteroatoms. The minimum absolute atomic E-state index is 0.248. The molecule has 1 aromatic rings. The van der Waals surface area contributed by atoms with Crippen LogP contribution in [0.3, 0.4) is 0 Å². The number of hydrogen-bond donors (Lipinski definition) is 2. The lowest BCUT2D eigenvalue weighted by molar-refractivity contribution is 0.237. The number of nitrogens with one attached hydrogen (secondary N) is 1. The van der Waals surface area contributed by atoms with Crippen LogP contribution in [0.1, 0.15) is 57.7 Å². The van der Waals surface area contributed by atoms with Crippen molar-refractivity contribution < 1.29 is 5.11 Å². The molecule has 0 aliphatic heterocycles. The van der Waals surface area contributed by atoms with Crippen molar-refractivity contribution in [2.24, 2.45) is 5.92 Å². The topological polar surface area (TPSA) is 32.3 Å². The zero-order valence-electron chi connectivity index (χ0n) is 12.8. The van der Waals surface area contributed by atoms with E-state index < -0.39 is 0 Å². The Morgan fingerprint density at radius 3 is 2.21 bits per heavy atom. The molecule has 108 valence electrons. The zero-order valence-corrected chi connectivity index (χ0v) is 12.8. The van der Waals surface area contributed by atoms with E-state index >= 15 is 0 Å². The Morgan fingerprint density at radius 1 is 1.11 bits per heavy atom. The second-order valence-corrected chi connectivity index (χ2v) is 5.74. The van der Waals surface area contributed by atoms with Crippen molar-refractivity contribution in [2.75, 3.05) is 6.61 Å². The Labute approximate surface area is 118 Å². The maximum absolute atomic E-state index is 9.12. The van der Waals surface area contributed by atoms with E-state index in [9.17, 15) is 0 Å². The van der Waals surface area contributed by atoms with Crippen LogP contribution in [0.25, 0.3) is 0 Å². The molecule has 0 fully saturated rings. The molecule has 19 heavy (non-hydrogen) atoms. The van der Waals surface area contributed by atoms with Crippen LogP contribution in [0.4, 0.5) is 0 Å². The van der Waals surface area contributed by atoms with Gasteiger partial charge in [-0.2, -0.15) is 0 Å². The van der Waals surface area contributed by atoms with Gasteiger partial charge in [0.05, 0.1) is 0 Å². The summed E-state index contributed by atoms with van der Waals surface area (Å²) in [4.78, 5) is 0. The van der Waals surface area contributed by atoms with Crippen LogP contribution in [-0.2, 0) is 6.42 Å². The van der Waals surface area contributed by atoms with Gasteiger partial charge in [0.25, 0.3) is 0 Å². The van der Waals surface area contributed by atoms with E-state index in [0.717, 1.165) is 12.8 Å². The second-order valence-electron chi connectivity index (χ2n) is 5.74. The first-order chi connectivity index (χ1) is 9.08. The van der Waals surface area contributed by atoms with Gasteiger partial charge >= 0.3 is 0 Å². The molecule has 0 spiro atoms. The fourth-order valence-corrected chi connectivity index (χ4v) is 2.43. The van der Waals surface area contributed by atoms with Crippen molar-refractivity contribution in [2.45, 2.75) is 59.0 Å². The van der Waals surface area contributed by atoms with E-state index in [-0.39, 0.29) is 6.61 Å². The van der Waals surface area contributed by atoms with Crippen LogP contribution >= 0.6 is 0 Å². The molecule has 1 rings (SSSR count). The van der Waals surface area contributed by atoms with Gasteiger partial charge in [0.2, 0.25) is 0 Å². The Kier molecular flexibility index (Phi) is 7.11. The van der Waals surface area contributed by atoms with Gasteiger partial charge < -0.3 is 10.4 Å². The molecule has 0 saturated heterocycles. The van der Waals surface area contributed by atoms with Crippen molar-refractivity contribution in [1.82, 2.24) is 5.32 Å². The summed E-state index contributed by atoms with van der Waals surface area (Å²) in [6.07, 6.45) is 3.16. The molecule has 0 heterocycles. The van der Waals surface area contributed by atoms with Gasteiger partial charge in [0.15, 0.2) is 0 Å². The highest BCUT2D eigenvalue weighted by Gasteiger charge is 2.16. The SMILES string of the molecule is CCCc1ccc(C(C)NC(CCO)C(C)C)cc1. The number of aliphatic hydroxyl groups excluding tert-OH is 1. The summed E-state index contributed by atoms with van der Waals surface area (Å²) in [7, 11) is 0. The fourth-order valence-electron chi connectivity index (χ4n) is 2.43. The molecule has 0 aliphatic carbocycles. The first kappa shape index (κ1) is 16.2. The largest absolute Gasteiger partial charge is 0.396 e. The first-order valence-electron chi connectivity index (χ1n) is 7.54. The molecular weight excluding hydrogens is 234 g/mol. The van der Waals surface area contributed by atoms with Crippen LogP contribution in [0, 0.1) is 5.92 Å². The molecule has 0 aromatic heterocycles. The van der Waals surface area contributed by atoms with E-state index in [1.807, 2.05) is 0 Å². The summed E-state index contributed by atoms with van der Waals surface area (Å²) < 4.78 is 0. The van der Waals surface area contributed by atoms with Crippen molar-refractivity contribution >= 4 is 0 Å². The number of benzene rings is 1. The maximum atomic E-state index is 9.12.